The second kappa shape index (κ2) is 7.58. The molecule has 0 spiro atoms. The fourth-order valence-electron chi connectivity index (χ4n) is 2.35. The van der Waals surface area contributed by atoms with Crippen LogP contribution in [-0.2, 0) is 23.8 Å². The van der Waals surface area contributed by atoms with E-state index in [-0.39, 0.29) is 19.6 Å². The predicted octanol–water partition coefficient (Wildman–Crippen LogP) is 2.43. The fourth-order valence-corrected chi connectivity index (χ4v) is 2.35. The molecule has 0 N–H and O–H groups in total. The van der Waals surface area contributed by atoms with Crippen molar-refractivity contribution in [2.75, 3.05) is 13.2 Å². The molecular formula is C17H18O6. The van der Waals surface area contributed by atoms with Crippen molar-refractivity contribution in [1.82, 2.24) is 0 Å². The van der Waals surface area contributed by atoms with Gasteiger partial charge in [-0.25, -0.2) is 9.59 Å². The van der Waals surface area contributed by atoms with Crippen molar-refractivity contribution in [3.8, 4) is 0 Å². The van der Waals surface area contributed by atoms with Crippen LogP contribution < -0.4 is 0 Å². The zero-order valence-electron chi connectivity index (χ0n) is 13.0. The van der Waals surface area contributed by atoms with Gasteiger partial charge in [0, 0.05) is 11.6 Å². The maximum atomic E-state index is 12.1. The number of rotatable bonds is 6. The quantitative estimate of drug-likeness (QED) is 0.455. The van der Waals surface area contributed by atoms with Crippen LogP contribution in [-0.4, -0.2) is 31.1 Å². The minimum Gasteiger partial charge on any atom is -0.466 e. The second-order valence-corrected chi connectivity index (χ2v) is 4.80. The highest BCUT2D eigenvalue weighted by Crippen LogP contribution is 2.35. The van der Waals surface area contributed by atoms with Crippen molar-refractivity contribution in [2.24, 2.45) is 0 Å². The van der Waals surface area contributed by atoms with Crippen LogP contribution in [0.5, 0.6) is 0 Å². The molecule has 23 heavy (non-hydrogen) atoms. The predicted molar refractivity (Wildman–Crippen MR) is 81.5 cm³/mol. The Balaban J connectivity index is 2.23. The normalized spacial score (nSPS) is 16.1. The Kier molecular flexibility index (Phi) is 5.51. The smallest absolute Gasteiger partial charge is 0.339 e. The highest BCUT2D eigenvalue weighted by atomic mass is 16.6. The minimum atomic E-state index is -0.660. The lowest BCUT2D eigenvalue weighted by molar-refractivity contribution is -0.145. The maximum Gasteiger partial charge on any atom is 0.339 e. The van der Waals surface area contributed by atoms with Gasteiger partial charge in [-0.1, -0.05) is 18.2 Å². The molecule has 0 aromatic heterocycles. The van der Waals surface area contributed by atoms with E-state index in [9.17, 15) is 14.4 Å². The van der Waals surface area contributed by atoms with E-state index in [0.29, 0.717) is 16.7 Å². The molecule has 0 amide bonds. The Labute approximate surface area is 134 Å². The summed E-state index contributed by atoms with van der Waals surface area (Å²) in [6, 6.07) is 5.16. The van der Waals surface area contributed by atoms with E-state index < -0.39 is 24.0 Å². The summed E-state index contributed by atoms with van der Waals surface area (Å²) >= 11 is 0. The van der Waals surface area contributed by atoms with Gasteiger partial charge in [0.2, 0.25) is 0 Å². The Hall–Kier alpha value is -2.63. The van der Waals surface area contributed by atoms with E-state index in [1.165, 1.54) is 12.2 Å². The van der Waals surface area contributed by atoms with Crippen LogP contribution in [0.3, 0.4) is 0 Å². The molecular weight excluding hydrogens is 300 g/mol. The number of esters is 3. The molecule has 1 aliphatic heterocycles. The molecule has 0 saturated carbocycles. The number of hydrogen-bond acceptors (Lipinski definition) is 6. The number of carbonyl (C=O) groups is 3. The van der Waals surface area contributed by atoms with E-state index in [1.807, 2.05) is 0 Å². The van der Waals surface area contributed by atoms with Crippen molar-refractivity contribution in [3.63, 3.8) is 0 Å². The molecule has 0 aliphatic carbocycles. The summed E-state index contributed by atoms with van der Waals surface area (Å²) in [5, 5.41) is 0. The van der Waals surface area contributed by atoms with Gasteiger partial charge in [-0.3, -0.25) is 4.79 Å². The molecule has 1 atom stereocenters. The third-order valence-corrected chi connectivity index (χ3v) is 3.27. The summed E-state index contributed by atoms with van der Waals surface area (Å²) in [6.07, 6.45) is 2.07. The summed E-state index contributed by atoms with van der Waals surface area (Å²) < 4.78 is 14.9. The largest absolute Gasteiger partial charge is 0.466 e. The van der Waals surface area contributed by atoms with E-state index in [4.69, 9.17) is 14.2 Å². The standard InChI is InChI=1S/C17H18O6/c1-3-21-14(18)9-8-11-6-5-7-12-13(10-15(19)22-4-2)23-17(20)16(11)12/h5-9,13H,3-4,10H2,1-2H3/b9-8+. The first-order valence-corrected chi connectivity index (χ1v) is 7.41. The number of carbonyl (C=O) groups excluding carboxylic acids is 3. The molecule has 6 nitrogen and oxygen atoms in total. The summed E-state index contributed by atoms with van der Waals surface area (Å²) in [5.74, 6) is -1.43. The van der Waals surface area contributed by atoms with Crippen LogP contribution in [0.15, 0.2) is 24.3 Å². The Bertz CT molecular complexity index is 646. The first-order chi connectivity index (χ1) is 11.1. The van der Waals surface area contributed by atoms with Gasteiger partial charge < -0.3 is 14.2 Å². The first-order valence-electron chi connectivity index (χ1n) is 7.41. The first kappa shape index (κ1) is 16.7. The van der Waals surface area contributed by atoms with E-state index in [2.05, 4.69) is 0 Å². The molecule has 0 radical (unpaired) electrons. The second-order valence-electron chi connectivity index (χ2n) is 4.80. The number of fused-ring (bicyclic) bond motifs is 1. The van der Waals surface area contributed by atoms with E-state index >= 15 is 0 Å². The number of benzene rings is 1. The third kappa shape index (κ3) is 3.97. The molecule has 1 unspecified atom stereocenters. The average molecular weight is 318 g/mol. The van der Waals surface area contributed by atoms with Gasteiger partial charge in [-0.15, -0.1) is 0 Å². The zero-order valence-corrected chi connectivity index (χ0v) is 13.0. The highest BCUT2D eigenvalue weighted by molar-refractivity contribution is 5.99. The van der Waals surface area contributed by atoms with Crippen molar-refractivity contribution < 1.29 is 28.6 Å². The summed E-state index contributed by atoms with van der Waals surface area (Å²) in [7, 11) is 0. The molecule has 0 saturated heterocycles. The van der Waals surface area contributed by atoms with Crippen LogP contribution >= 0.6 is 0 Å². The van der Waals surface area contributed by atoms with Crippen molar-refractivity contribution >= 4 is 24.0 Å². The van der Waals surface area contributed by atoms with Gasteiger partial charge in [0.15, 0.2) is 0 Å². The Morgan fingerprint density at radius 1 is 1.22 bits per heavy atom. The van der Waals surface area contributed by atoms with Crippen molar-refractivity contribution in [1.29, 1.82) is 0 Å². The molecule has 6 heteroatoms. The lowest BCUT2D eigenvalue weighted by atomic mass is 9.98. The van der Waals surface area contributed by atoms with E-state index in [1.54, 1.807) is 32.0 Å². The van der Waals surface area contributed by atoms with Gasteiger partial charge in [0.05, 0.1) is 25.2 Å². The molecule has 1 aromatic carbocycles. The van der Waals surface area contributed by atoms with Crippen LogP contribution in [0, 0.1) is 0 Å². The van der Waals surface area contributed by atoms with Crippen molar-refractivity contribution in [3.05, 3.63) is 41.0 Å². The average Bonchev–Trinajstić information content (AvgIpc) is 2.83. The Morgan fingerprint density at radius 2 is 1.96 bits per heavy atom. The van der Waals surface area contributed by atoms with Gasteiger partial charge in [0.1, 0.15) is 6.10 Å². The fraction of sp³-hybridized carbons (Fsp3) is 0.353. The van der Waals surface area contributed by atoms with E-state index in [0.717, 1.165) is 0 Å². The number of hydrogen-bond donors (Lipinski definition) is 0. The topological polar surface area (TPSA) is 78.9 Å². The molecule has 1 aromatic rings. The number of ether oxygens (including phenoxy) is 3. The van der Waals surface area contributed by atoms with Crippen molar-refractivity contribution in [2.45, 2.75) is 26.4 Å². The van der Waals surface area contributed by atoms with Crippen LogP contribution in [0.1, 0.15) is 47.9 Å². The van der Waals surface area contributed by atoms with Gasteiger partial charge >= 0.3 is 17.9 Å². The van der Waals surface area contributed by atoms with Gasteiger partial charge in [-0.2, -0.15) is 0 Å². The summed E-state index contributed by atoms with van der Waals surface area (Å²) in [5.41, 5.74) is 1.53. The lowest BCUT2D eigenvalue weighted by Gasteiger charge is -2.09. The zero-order chi connectivity index (χ0) is 16.8. The highest BCUT2D eigenvalue weighted by Gasteiger charge is 2.34. The molecule has 1 aliphatic rings. The maximum absolute atomic E-state index is 12.1. The summed E-state index contributed by atoms with van der Waals surface area (Å²) in [6.45, 7) is 3.97. The van der Waals surface area contributed by atoms with Gasteiger partial charge in [0.25, 0.3) is 0 Å². The van der Waals surface area contributed by atoms with Crippen LogP contribution in [0.25, 0.3) is 6.08 Å². The van der Waals surface area contributed by atoms with Crippen LogP contribution in [0.2, 0.25) is 0 Å². The molecule has 2 rings (SSSR count). The number of cyclic esters (lactones) is 1. The van der Waals surface area contributed by atoms with Gasteiger partial charge in [-0.05, 0) is 25.5 Å². The monoisotopic (exact) mass is 318 g/mol. The lowest BCUT2D eigenvalue weighted by Crippen LogP contribution is -2.10. The Morgan fingerprint density at radius 3 is 2.65 bits per heavy atom. The summed E-state index contributed by atoms with van der Waals surface area (Å²) in [4.78, 5) is 35.1. The third-order valence-electron chi connectivity index (χ3n) is 3.27. The molecule has 1 heterocycles. The molecule has 0 bridgehead atoms. The van der Waals surface area contributed by atoms with Crippen LogP contribution in [0.4, 0.5) is 0 Å². The minimum absolute atomic E-state index is 0.0301. The molecule has 122 valence electrons. The SMILES string of the molecule is CCOC(=O)/C=C/c1cccc2c1C(=O)OC2CC(=O)OCC. The molecule has 0 fully saturated rings.